The van der Waals surface area contributed by atoms with E-state index in [0.717, 1.165) is 18.7 Å². The van der Waals surface area contributed by atoms with E-state index in [1.54, 1.807) is 13.2 Å². The fourth-order valence-electron chi connectivity index (χ4n) is 1.93. The van der Waals surface area contributed by atoms with Crippen molar-refractivity contribution in [1.82, 2.24) is 5.32 Å². The maximum Gasteiger partial charge on any atom is 0.203 e. The normalized spacial score (nSPS) is 20.0. The molecule has 5 heteroatoms. The van der Waals surface area contributed by atoms with Crippen molar-refractivity contribution in [3.8, 4) is 17.2 Å². The first-order valence-electron chi connectivity index (χ1n) is 5.53. The van der Waals surface area contributed by atoms with Gasteiger partial charge in [-0.15, -0.1) is 0 Å². The molecular weight excluding hydrogens is 222 g/mol. The number of rotatable bonds is 3. The van der Waals surface area contributed by atoms with Gasteiger partial charge < -0.3 is 24.6 Å². The fourth-order valence-corrected chi connectivity index (χ4v) is 1.93. The number of ether oxygens (including phenoxy) is 3. The highest BCUT2D eigenvalue weighted by Crippen LogP contribution is 2.39. The molecule has 2 N–H and O–H groups in total. The molecule has 0 amide bonds. The lowest BCUT2D eigenvalue weighted by Crippen LogP contribution is -2.33. The number of phenols is 1. The maximum absolute atomic E-state index is 9.85. The second kappa shape index (κ2) is 5.25. The second-order valence-electron chi connectivity index (χ2n) is 3.84. The van der Waals surface area contributed by atoms with Crippen LogP contribution in [0.4, 0.5) is 0 Å². The van der Waals surface area contributed by atoms with Crippen molar-refractivity contribution >= 4 is 0 Å². The van der Waals surface area contributed by atoms with Crippen LogP contribution >= 0.6 is 0 Å². The molecule has 17 heavy (non-hydrogen) atoms. The van der Waals surface area contributed by atoms with Crippen molar-refractivity contribution in [1.29, 1.82) is 0 Å². The largest absolute Gasteiger partial charge is 0.504 e. The molecule has 0 aromatic heterocycles. The quantitative estimate of drug-likeness (QED) is 0.826. The summed E-state index contributed by atoms with van der Waals surface area (Å²) in [5.41, 5.74) is 0.882. The monoisotopic (exact) mass is 239 g/mol. The molecule has 1 saturated heterocycles. The van der Waals surface area contributed by atoms with Crippen molar-refractivity contribution < 1.29 is 19.3 Å². The lowest BCUT2D eigenvalue weighted by atomic mass is 10.1. The molecule has 0 radical (unpaired) electrons. The van der Waals surface area contributed by atoms with Gasteiger partial charge in [0, 0.05) is 13.1 Å². The third kappa shape index (κ3) is 2.45. The van der Waals surface area contributed by atoms with Crippen LogP contribution in [0.5, 0.6) is 17.2 Å². The van der Waals surface area contributed by atoms with E-state index in [1.807, 2.05) is 6.07 Å². The molecule has 1 aromatic carbocycles. The van der Waals surface area contributed by atoms with Gasteiger partial charge in [0.1, 0.15) is 0 Å². The average Bonchev–Trinajstić information content (AvgIpc) is 2.38. The molecular formula is C12H17NO4. The Labute approximate surface area is 100 Å². The summed E-state index contributed by atoms with van der Waals surface area (Å²) < 4.78 is 15.9. The Bertz CT molecular complexity index is 388. The zero-order chi connectivity index (χ0) is 12.3. The summed E-state index contributed by atoms with van der Waals surface area (Å²) in [6, 6.07) is 3.48. The fraction of sp³-hybridized carbons (Fsp3) is 0.500. The number of methoxy groups -OCH3 is 2. The Balaban J connectivity index is 2.31. The Morgan fingerprint density at radius 1 is 1.35 bits per heavy atom. The van der Waals surface area contributed by atoms with Crippen molar-refractivity contribution in [2.75, 3.05) is 33.9 Å². The summed E-state index contributed by atoms with van der Waals surface area (Å²) in [5.74, 6) is 0.924. The molecule has 1 heterocycles. The first-order chi connectivity index (χ1) is 8.26. The Hall–Kier alpha value is -1.46. The minimum absolute atomic E-state index is 0.0607. The van der Waals surface area contributed by atoms with Crippen molar-refractivity contribution in [2.24, 2.45) is 0 Å². The van der Waals surface area contributed by atoms with Gasteiger partial charge >= 0.3 is 0 Å². The zero-order valence-corrected chi connectivity index (χ0v) is 10.0. The van der Waals surface area contributed by atoms with Crippen LogP contribution < -0.4 is 14.8 Å². The lowest BCUT2D eigenvalue weighted by Gasteiger charge is -2.24. The summed E-state index contributed by atoms with van der Waals surface area (Å²) in [4.78, 5) is 0. The third-order valence-corrected chi connectivity index (χ3v) is 2.78. The summed E-state index contributed by atoms with van der Waals surface area (Å²) in [6.07, 6.45) is -0.0607. The van der Waals surface area contributed by atoms with Crippen LogP contribution in [0.15, 0.2) is 12.1 Å². The van der Waals surface area contributed by atoms with E-state index < -0.39 is 0 Å². The van der Waals surface area contributed by atoms with E-state index in [4.69, 9.17) is 14.2 Å². The predicted octanol–water partition coefficient (Wildman–Crippen LogP) is 1.07. The topological polar surface area (TPSA) is 60.0 Å². The van der Waals surface area contributed by atoms with E-state index in [1.165, 1.54) is 7.11 Å². The number of benzene rings is 1. The molecule has 0 saturated carbocycles. The molecule has 2 rings (SSSR count). The maximum atomic E-state index is 9.85. The van der Waals surface area contributed by atoms with Crippen LogP contribution in [0, 0.1) is 0 Å². The predicted molar refractivity (Wildman–Crippen MR) is 62.8 cm³/mol. The number of nitrogens with one attached hydrogen (secondary N) is 1. The molecule has 1 unspecified atom stereocenters. The first kappa shape index (κ1) is 12.0. The smallest absolute Gasteiger partial charge is 0.203 e. The number of aromatic hydroxyl groups is 1. The molecule has 5 nitrogen and oxygen atoms in total. The highest BCUT2D eigenvalue weighted by atomic mass is 16.5. The summed E-state index contributed by atoms with van der Waals surface area (Å²) in [6.45, 7) is 2.25. The van der Waals surface area contributed by atoms with E-state index >= 15 is 0 Å². The van der Waals surface area contributed by atoms with Gasteiger partial charge in [-0.3, -0.25) is 0 Å². The van der Waals surface area contributed by atoms with E-state index in [2.05, 4.69) is 5.32 Å². The summed E-state index contributed by atoms with van der Waals surface area (Å²) >= 11 is 0. The Kier molecular flexibility index (Phi) is 3.71. The second-order valence-corrected chi connectivity index (χ2v) is 3.84. The Morgan fingerprint density at radius 2 is 2.18 bits per heavy atom. The third-order valence-electron chi connectivity index (χ3n) is 2.78. The van der Waals surface area contributed by atoms with Crippen molar-refractivity contribution in [2.45, 2.75) is 6.10 Å². The SMILES string of the molecule is COc1cc(C2CNCCO2)cc(O)c1OC. The van der Waals surface area contributed by atoms with E-state index in [9.17, 15) is 5.11 Å². The number of morpholine rings is 1. The first-order valence-corrected chi connectivity index (χ1v) is 5.53. The van der Waals surface area contributed by atoms with Crippen LogP contribution in [0.2, 0.25) is 0 Å². The minimum atomic E-state index is -0.0607. The minimum Gasteiger partial charge on any atom is -0.504 e. The Morgan fingerprint density at radius 3 is 2.76 bits per heavy atom. The van der Waals surface area contributed by atoms with Crippen LogP contribution in [0.3, 0.4) is 0 Å². The highest BCUT2D eigenvalue weighted by molar-refractivity contribution is 5.53. The van der Waals surface area contributed by atoms with Gasteiger partial charge in [-0.05, 0) is 17.7 Å². The van der Waals surface area contributed by atoms with Crippen molar-refractivity contribution in [3.05, 3.63) is 17.7 Å². The van der Waals surface area contributed by atoms with Gasteiger partial charge in [0.05, 0.1) is 26.9 Å². The van der Waals surface area contributed by atoms with E-state index in [-0.39, 0.29) is 11.9 Å². The highest BCUT2D eigenvalue weighted by Gasteiger charge is 2.20. The molecule has 0 bridgehead atoms. The van der Waals surface area contributed by atoms with Crippen LogP contribution in [0.1, 0.15) is 11.7 Å². The number of hydrogen-bond acceptors (Lipinski definition) is 5. The molecule has 1 aliphatic rings. The molecule has 94 valence electrons. The van der Waals surface area contributed by atoms with Gasteiger partial charge in [0.2, 0.25) is 5.75 Å². The standard InChI is InChI=1S/C12H17NO4/c1-15-10-6-8(5-9(14)12(10)16-2)11-7-13-3-4-17-11/h5-6,11,13-14H,3-4,7H2,1-2H3. The molecule has 1 atom stereocenters. The molecule has 0 aliphatic carbocycles. The van der Waals surface area contributed by atoms with Crippen molar-refractivity contribution in [3.63, 3.8) is 0 Å². The average molecular weight is 239 g/mol. The molecule has 1 fully saturated rings. The molecule has 1 aliphatic heterocycles. The van der Waals surface area contributed by atoms with E-state index in [0.29, 0.717) is 18.1 Å². The van der Waals surface area contributed by atoms with Crippen LogP contribution in [-0.4, -0.2) is 39.0 Å². The van der Waals surface area contributed by atoms with Gasteiger partial charge in [-0.25, -0.2) is 0 Å². The summed E-state index contributed by atoms with van der Waals surface area (Å²) in [5, 5.41) is 13.1. The number of hydrogen-bond donors (Lipinski definition) is 2. The lowest BCUT2D eigenvalue weighted by molar-refractivity contribution is 0.0274. The van der Waals surface area contributed by atoms with Gasteiger partial charge in [0.25, 0.3) is 0 Å². The molecule has 1 aromatic rings. The van der Waals surface area contributed by atoms with Gasteiger partial charge in [-0.1, -0.05) is 0 Å². The zero-order valence-electron chi connectivity index (χ0n) is 10.0. The van der Waals surface area contributed by atoms with Crippen LogP contribution in [-0.2, 0) is 4.74 Å². The van der Waals surface area contributed by atoms with Gasteiger partial charge in [0.15, 0.2) is 11.5 Å². The summed E-state index contributed by atoms with van der Waals surface area (Å²) in [7, 11) is 3.04. The van der Waals surface area contributed by atoms with Gasteiger partial charge in [-0.2, -0.15) is 0 Å². The van der Waals surface area contributed by atoms with Crippen LogP contribution in [0.25, 0.3) is 0 Å². The molecule has 0 spiro atoms. The number of phenolic OH excluding ortho intramolecular Hbond substituents is 1.